The molecule has 1 aliphatic rings. The van der Waals surface area contributed by atoms with Crippen LogP contribution in [0.3, 0.4) is 0 Å². The van der Waals surface area contributed by atoms with Gasteiger partial charge in [-0.3, -0.25) is 9.59 Å². The minimum absolute atomic E-state index is 0.128. The number of hydrogen-bond donors (Lipinski definition) is 2. The van der Waals surface area contributed by atoms with Gasteiger partial charge in [-0.1, -0.05) is 23.7 Å². The molecule has 1 atom stereocenters. The zero-order chi connectivity index (χ0) is 23.8. The Morgan fingerprint density at radius 1 is 1.18 bits per heavy atom. The van der Waals surface area contributed by atoms with E-state index in [-0.39, 0.29) is 17.9 Å². The van der Waals surface area contributed by atoms with E-state index in [4.69, 9.17) is 21.1 Å². The number of halogens is 1. The number of anilines is 1. The summed E-state index contributed by atoms with van der Waals surface area (Å²) in [5, 5.41) is 6.31. The number of amides is 2. The first-order chi connectivity index (χ1) is 15.5. The van der Waals surface area contributed by atoms with Crippen molar-refractivity contribution in [2.45, 2.75) is 45.0 Å². The van der Waals surface area contributed by atoms with Crippen LogP contribution in [0.25, 0.3) is 5.65 Å². The van der Waals surface area contributed by atoms with Crippen molar-refractivity contribution in [3.8, 4) is 0 Å². The number of rotatable bonds is 6. The molecule has 3 aromatic rings. The molecule has 0 bridgehead atoms. The van der Waals surface area contributed by atoms with Crippen molar-refractivity contribution in [2.75, 3.05) is 18.5 Å². The first kappa shape index (κ1) is 23.2. The van der Waals surface area contributed by atoms with E-state index in [0.29, 0.717) is 35.2 Å². The summed E-state index contributed by atoms with van der Waals surface area (Å²) in [5.74, 6) is -0.625. The Hall–Kier alpha value is -2.94. The van der Waals surface area contributed by atoms with Gasteiger partial charge in [-0.05, 0) is 57.5 Å². The maximum absolute atomic E-state index is 12.8. The molecule has 1 aliphatic heterocycles. The zero-order valence-corrected chi connectivity index (χ0v) is 19.8. The van der Waals surface area contributed by atoms with Crippen molar-refractivity contribution in [3.05, 3.63) is 64.9 Å². The summed E-state index contributed by atoms with van der Waals surface area (Å²) in [6.45, 7) is 8.19. The van der Waals surface area contributed by atoms with Gasteiger partial charge < -0.3 is 24.5 Å². The van der Waals surface area contributed by atoms with Crippen LogP contribution in [-0.4, -0.2) is 46.2 Å². The highest BCUT2D eigenvalue weighted by Gasteiger charge is 2.35. The molecule has 0 aliphatic carbocycles. The van der Waals surface area contributed by atoms with Gasteiger partial charge in [-0.15, -0.1) is 0 Å². The van der Waals surface area contributed by atoms with Crippen molar-refractivity contribution in [1.82, 2.24) is 14.7 Å². The van der Waals surface area contributed by atoms with Crippen molar-refractivity contribution in [2.24, 2.45) is 0 Å². The lowest BCUT2D eigenvalue weighted by Crippen LogP contribution is -2.43. The molecule has 1 saturated heterocycles. The molecule has 0 spiro atoms. The number of aromatic nitrogens is 2. The van der Waals surface area contributed by atoms with Gasteiger partial charge in [-0.2, -0.15) is 0 Å². The van der Waals surface area contributed by atoms with E-state index in [9.17, 15) is 9.59 Å². The standard InChI is InChI=1S/C24H27ClN4O4/c1-23(2,22(31)26-11-18-14-32-24(3,4)33-18)16-7-5-15(6-8-16)21(30)28-19-13-29-12-17(25)9-10-20(29)27-19/h5-10,12-13,18H,11,14H2,1-4H3,(H,26,31)(H,28,30). The van der Waals surface area contributed by atoms with Crippen LogP contribution in [0, 0.1) is 0 Å². The SMILES string of the molecule is CC1(C)OCC(CNC(=O)C(C)(C)c2ccc(C(=O)Nc3cn4cc(Cl)ccc4n3)cc2)O1. The Kier molecular flexibility index (Phi) is 6.18. The minimum Gasteiger partial charge on any atom is -0.353 e. The van der Waals surface area contributed by atoms with Crippen LogP contribution in [0.2, 0.25) is 5.02 Å². The Morgan fingerprint density at radius 3 is 2.58 bits per heavy atom. The van der Waals surface area contributed by atoms with Gasteiger partial charge in [0, 0.05) is 18.3 Å². The van der Waals surface area contributed by atoms with E-state index in [1.54, 1.807) is 53.2 Å². The third kappa shape index (κ3) is 5.19. The lowest BCUT2D eigenvalue weighted by atomic mass is 9.83. The molecule has 2 amide bonds. The number of fused-ring (bicyclic) bond motifs is 1. The quantitative estimate of drug-likeness (QED) is 0.571. The maximum atomic E-state index is 12.8. The van der Waals surface area contributed by atoms with Crippen LogP contribution in [0.15, 0.2) is 48.8 Å². The van der Waals surface area contributed by atoms with Gasteiger partial charge in [-0.25, -0.2) is 4.98 Å². The third-order valence-electron chi connectivity index (χ3n) is 5.65. The number of benzene rings is 1. The molecular formula is C24H27ClN4O4. The van der Waals surface area contributed by atoms with E-state index >= 15 is 0 Å². The second kappa shape index (κ2) is 8.78. The van der Waals surface area contributed by atoms with Crippen molar-refractivity contribution < 1.29 is 19.1 Å². The van der Waals surface area contributed by atoms with Crippen molar-refractivity contribution in [3.63, 3.8) is 0 Å². The summed E-state index contributed by atoms with van der Waals surface area (Å²) in [6, 6.07) is 10.5. The molecule has 33 heavy (non-hydrogen) atoms. The summed E-state index contributed by atoms with van der Waals surface area (Å²) in [6.07, 6.45) is 3.23. The fraction of sp³-hybridized carbons (Fsp3) is 0.375. The average molecular weight is 471 g/mol. The molecule has 174 valence electrons. The number of carbonyl (C=O) groups excluding carboxylic acids is 2. The summed E-state index contributed by atoms with van der Waals surface area (Å²) in [5.41, 5.74) is 1.15. The summed E-state index contributed by atoms with van der Waals surface area (Å²) < 4.78 is 13.0. The van der Waals surface area contributed by atoms with E-state index < -0.39 is 11.2 Å². The molecule has 0 radical (unpaired) electrons. The predicted molar refractivity (Wildman–Crippen MR) is 126 cm³/mol. The van der Waals surface area contributed by atoms with Crippen LogP contribution >= 0.6 is 11.6 Å². The number of nitrogens with one attached hydrogen (secondary N) is 2. The molecule has 1 aromatic carbocycles. The minimum atomic E-state index is -0.787. The highest BCUT2D eigenvalue weighted by molar-refractivity contribution is 6.30. The molecule has 4 rings (SSSR count). The van der Waals surface area contributed by atoms with Crippen LogP contribution in [0.1, 0.15) is 43.6 Å². The zero-order valence-electron chi connectivity index (χ0n) is 19.0. The molecule has 8 nitrogen and oxygen atoms in total. The molecule has 0 saturated carbocycles. The highest BCUT2D eigenvalue weighted by Crippen LogP contribution is 2.25. The second-order valence-electron chi connectivity index (χ2n) is 9.06. The van der Waals surface area contributed by atoms with Gasteiger partial charge in [0.1, 0.15) is 11.8 Å². The number of carbonyl (C=O) groups is 2. The highest BCUT2D eigenvalue weighted by atomic mass is 35.5. The first-order valence-corrected chi connectivity index (χ1v) is 11.1. The number of nitrogens with zero attached hydrogens (tertiary/aromatic N) is 2. The number of ether oxygens (including phenoxy) is 2. The summed E-state index contributed by atoms with van der Waals surface area (Å²) in [7, 11) is 0. The van der Waals surface area contributed by atoms with E-state index in [1.807, 2.05) is 27.7 Å². The van der Waals surface area contributed by atoms with Crippen molar-refractivity contribution >= 4 is 34.9 Å². The average Bonchev–Trinajstić information content (AvgIpc) is 3.33. The second-order valence-corrected chi connectivity index (χ2v) is 9.49. The molecule has 1 unspecified atom stereocenters. The normalized spacial score (nSPS) is 17.8. The molecule has 2 N–H and O–H groups in total. The van der Waals surface area contributed by atoms with Gasteiger partial charge in [0.05, 0.1) is 23.2 Å². The Morgan fingerprint density at radius 2 is 1.91 bits per heavy atom. The fourth-order valence-electron chi connectivity index (χ4n) is 3.67. The number of hydrogen-bond acceptors (Lipinski definition) is 5. The summed E-state index contributed by atoms with van der Waals surface area (Å²) in [4.78, 5) is 29.9. The van der Waals surface area contributed by atoms with Gasteiger partial charge in [0.25, 0.3) is 5.91 Å². The molecule has 2 aromatic heterocycles. The molecular weight excluding hydrogens is 444 g/mol. The van der Waals surface area contributed by atoms with E-state index in [0.717, 1.165) is 5.56 Å². The van der Waals surface area contributed by atoms with Gasteiger partial charge >= 0.3 is 0 Å². The fourth-order valence-corrected chi connectivity index (χ4v) is 3.84. The molecule has 3 heterocycles. The van der Waals surface area contributed by atoms with Crippen LogP contribution in [-0.2, 0) is 19.7 Å². The Balaban J connectivity index is 1.38. The summed E-state index contributed by atoms with van der Waals surface area (Å²) >= 11 is 5.99. The predicted octanol–water partition coefficient (Wildman–Crippen LogP) is 3.79. The molecule has 9 heteroatoms. The first-order valence-electron chi connectivity index (χ1n) is 10.7. The lowest BCUT2D eigenvalue weighted by Gasteiger charge is -2.25. The molecule has 1 fully saturated rings. The van der Waals surface area contributed by atoms with Crippen molar-refractivity contribution in [1.29, 1.82) is 0 Å². The Labute approximate surface area is 197 Å². The monoisotopic (exact) mass is 470 g/mol. The van der Waals surface area contributed by atoms with Gasteiger partial charge in [0.15, 0.2) is 11.6 Å². The maximum Gasteiger partial charge on any atom is 0.256 e. The number of pyridine rings is 1. The van der Waals surface area contributed by atoms with E-state index in [1.165, 1.54) is 0 Å². The van der Waals surface area contributed by atoms with Crippen LogP contribution < -0.4 is 10.6 Å². The lowest BCUT2D eigenvalue weighted by molar-refractivity contribution is -0.140. The topological polar surface area (TPSA) is 94.0 Å². The number of imidazole rings is 1. The van der Waals surface area contributed by atoms with Crippen LogP contribution in [0.4, 0.5) is 5.82 Å². The van der Waals surface area contributed by atoms with E-state index in [2.05, 4.69) is 15.6 Å². The third-order valence-corrected chi connectivity index (χ3v) is 5.87. The van der Waals surface area contributed by atoms with Crippen LogP contribution in [0.5, 0.6) is 0 Å². The largest absolute Gasteiger partial charge is 0.353 e. The Bertz CT molecular complexity index is 1190. The van der Waals surface area contributed by atoms with Gasteiger partial charge in [0.2, 0.25) is 5.91 Å². The smallest absolute Gasteiger partial charge is 0.256 e.